The number of nitrogens with two attached hydrogens (primary N) is 1. The van der Waals surface area contributed by atoms with E-state index in [4.69, 9.17) is 10.5 Å². The number of carbonyl (C=O) groups is 1. The Morgan fingerprint density at radius 2 is 2.00 bits per heavy atom. The molecule has 0 aliphatic heterocycles. The topological polar surface area (TPSA) is 64.3 Å². The fourth-order valence-electron chi connectivity index (χ4n) is 1.81. The monoisotopic (exact) mass is 334 g/mol. The van der Waals surface area contributed by atoms with Crippen molar-refractivity contribution in [3.8, 4) is 5.75 Å². The number of amides is 1. The number of halogens is 1. The minimum absolute atomic E-state index is 0.253. The van der Waals surface area contributed by atoms with Gasteiger partial charge in [0.1, 0.15) is 5.75 Å². The van der Waals surface area contributed by atoms with Crippen molar-refractivity contribution in [2.45, 2.75) is 6.92 Å². The maximum atomic E-state index is 12.2. The van der Waals surface area contributed by atoms with E-state index in [1.54, 1.807) is 31.4 Å². The lowest BCUT2D eigenvalue weighted by atomic mass is 10.1. The maximum absolute atomic E-state index is 12.2. The summed E-state index contributed by atoms with van der Waals surface area (Å²) in [5.74, 6) is 0.414. The summed E-state index contributed by atoms with van der Waals surface area (Å²) in [6.07, 6.45) is 0. The molecule has 2 aromatic rings. The van der Waals surface area contributed by atoms with Gasteiger partial charge in [0.25, 0.3) is 5.91 Å². The van der Waals surface area contributed by atoms with Crippen LogP contribution in [-0.4, -0.2) is 13.0 Å². The first-order valence-corrected chi connectivity index (χ1v) is 6.81. The van der Waals surface area contributed by atoms with Crippen LogP contribution in [0.3, 0.4) is 0 Å². The van der Waals surface area contributed by atoms with Gasteiger partial charge in [-0.3, -0.25) is 4.79 Å². The highest BCUT2D eigenvalue weighted by atomic mass is 79.9. The van der Waals surface area contributed by atoms with Crippen LogP contribution in [0.25, 0.3) is 0 Å². The van der Waals surface area contributed by atoms with Crippen LogP contribution < -0.4 is 15.8 Å². The third-order valence-electron chi connectivity index (χ3n) is 2.87. The largest absolute Gasteiger partial charge is 0.497 e. The molecule has 5 heteroatoms. The van der Waals surface area contributed by atoms with Crippen LogP contribution in [0.2, 0.25) is 0 Å². The molecule has 2 aromatic carbocycles. The van der Waals surface area contributed by atoms with Gasteiger partial charge in [0.15, 0.2) is 0 Å². The van der Waals surface area contributed by atoms with Crippen molar-refractivity contribution in [3.05, 3.63) is 52.0 Å². The highest BCUT2D eigenvalue weighted by Crippen LogP contribution is 2.28. The van der Waals surface area contributed by atoms with E-state index in [1.807, 2.05) is 19.1 Å². The lowest BCUT2D eigenvalue weighted by Gasteiger charge is -2.11. The molecule has 0 heterocycles. The second-order valence-corrected chi connectivity index (χ2v) is 5.24. The van der Waals surface area contributed by atoms with Crippen LogP contribution in [0.4, 0.5) is 11.4 Å². The van der Waals surface area contributed by atoms with Gasteiger partial charge in [-0.1, -0.05) is 6.07 Å². The standard InChI is InChI=1S/C15H15BrN2O2/c1-9-3-5-11(13(17)7-9)15(19)18-14-8-10(20-2)4-6-12(14)16/h3-8H,17H2,1-2H3,(H,18,19). The highest BCUT2D eigenvalue weighted by Gasteiger charge is 2.12. The predicted molar refractivity (Wildman–Crippen MR) is 84.2 cm³/mol. The third kappa shape index (κ3) is 3.11. The number of methoxy groups -OCH3 is 1. The lowest BCUT2D eigenvalue weighted by molar-refractivity contribution is 0.102. The number of nitrogens with one attached hydrogen (secondary N) is 1. The Bertz CT molecular complexity index is 656. The molecule has 0 aliphatic rings. The fourth-order valence-corrected chi connectivity index (χ4v) is 2.15. The van der Waals surface area contributed by atoms with Gasteiger partial charge >= 0.3 is 0 Å². The normalized spacial score (nSPS) is 10.2. The van der Waals surface area contributed by atoms with E-state index in [2.05, 4.69) is 21.2 Å². The van der Waals surface area contributed by atoms with Crippen molar-refractivity contribution >= 4 is 33.2 Å². The van der Waals surface area contributed by atoms with E-state index < -0.39 is 0 Å². The average Bonchev–Trinajstić information content (AvgIpc) is 2.41. The molecule has 20 heavy (non-hydrogen) atoms. The Hall–Kier alpha value is -2.01. The van der Waals surface area contributed by atoms with E-state index in [-0.39, 0.29) is 5.91 Å². The minimum atomic E-state index is -0.253. The SMILES string of the molecule is COc1ccc(Br)c(NC(=O)c2ccc(C)cc2N)c1. The van der Waals surface area contributed by atoms with Crippen molar-refractivity contribution in [1.82, 2.24) is 0 Å². The minimum Gasteiger partial charge on any atom is -0.497 e. The Balaban J connectivity index is 2.27. The first kappa shape index (κ1) is 14.4. The molecule has 0 atom stereocenters. The number of hydrogen-bond acceptors (Lipinski definition) is 3. The summed E-state index contributed by atoms with van der Waals surface area (Å²) in [7, 11) is 1.58. The number of aryl methyl sites for hydroxylation is 1. The summed E-state index contributed by atoms with van der Waals surface area (Å²) in [5.41, 5.74) is 8.43. The first-order valence-electron chi connectivity index (χ1n) is 6.02. The average molecular weight is 335 g/mol. The molecule has 0 fully saturated rings. The van der Waals surface area contributed by atoms with Gasteiger partial charge in [0.2, 0.25) is 0 Å². The molecule has 104 valence electrons. The van der Waals surface area contributed by atoms with Crippen LogP contribution in [0.1, 0.15) is 15.9 Å². The van der Waals surface area contributed by atoms with Crippen LogP contribution in [0, 0.1) is 6.92 Å². The molecule has 4 nitrogen and oxygen atoms in total. The molecule has 0 aliphatic carbocycles. The van der Waals surface area contributed by atoms with Gasteiger partial charge in [-0.15, -0.1) is 0 Å². The summed E-state index contributed by atoms with van der Waals surface area (Å²) in [6, 6.07) is 10.7. The smallest absolute Gasteiger partial charge is 0.257 e. The molecule has 0 unspecified atom stereocenters. The number of benzene rings is 2. The molecule has 1 amide bonds. The van der Waals surface area contributed by atoms with Gasteiger partial charge in [-0.05, 0) is 52.7 Å². The van der Waals surface area contributed by atoms with Crippen LogP contribution in [0.15, 0.2) is 40.9 Å². The molecule has 0 aromatic heterocycles. The fraction of sp³-hybridized carbons (Fsp3) is 0.133. The zero-order chi connectivity index (χ0) is 14.7. The molecule has 2 rings (SSSR count). The van der Waals surface area contributed by atoms with E-state index in [1.165, 1.54) is 0 Å². The molecular formula is C15H15BrN2O2. The van der Waals surface area contributed by atoms with Gasteiger partial charge in [-0.25, -0.2) is 0 Å². The van der Waals surface area contributed by atoms with Crippen molar-refractivity contribution in [2.75, 3.05) is 18.2 Å². The lowest BCUT2D eigenvalue weighted by Crippen LogP contribution is -2.14. The van der Waals surface area contributed by atoms with Crippen molar-refractivity contribution in [3.63, 3.8) is 0 Å². The molecule has 0 saturated heterocycles. The summed E-state index contributed by atoms with van der Waals surface area (Å²) in [5, 5.41) is 2.82. The Labute approximate surface area is 126 Å². The summed E-state index contributed by atoms with van der Waals surface area (Å²) in [6.45, 7) is 1.93. The van der Waals surface area contributed by atoms with E-state index in [0.29, 0.717) is 22.7 Å². The van der Waals surface area contributed by atoms with E-state index in [0.717, 1.165) is 10.0 Å². The molecule has 3 N–H and O–H groups in total. The molecular weight excluding hydrogens is 320 g/mol. The molecule has 0 bridgehead atoms. The van der Waals surface area contributed by atoms with Gasteiger partial charge < -0.3 is 15.8 Å². The Morgan fingerprint density at radius 3 is 2.65 bits per heavy atom. The third-order valence-corrected chi connectivity index (χ3v) is 3.56. The summed E-state index contributed by atoms with van der Waals surface area (Å²) < 4.78 is 5.92. The predicted octanol–water partition coefficient (Wildman–Crippen LogP) is 3.60. The van der Waals surface area contributed by atoms with Crippen LogP contribution in [-0.2, 0) is 0 Å². The second-order valence-electron chi connectivity index (χ2n) is 4.39. The van der Waals surface area contributed by atoms with Crippen molar-refractivity contribution in [1.29, 1.82) is 0 Å². The van der Waals surface area contributed by atoms with E-state index in [9.17, 15) is 4.79 Å². The second kappa shape index (κ2) is 5.96. The summed E-state index contributed by atoms with van der Waals surface area (Å²) in [4.78, 5) is 12.2. The van der Waals surface area contributed by atoms with Crippen molar-refractivity contribution < 1.29 is 9.53 Å². The van der Waals surface area contributed by atoms with Gasteiger partial charge in [0, 0.05) is 16.2 Å². The summed E-state index contributed by atoms with van der Waals surface area (Å²) >= 11 is 3.39. The van der Waals surface area contributed by atoms with Crippen LogP contribution >= 0.6 is 15.9 Å². The molecule has 0 spiro atoms. The number of carbonyl (C=O) groups excluding carboxylic acids is 1. The maximum Gasteiger partial charge on any atom is 0.257 e. The number of anilines is 2. The zero-order valence-electron chi connectivity index (χ0n) is 11.2. The van der Waals surface area contributed by atoms with Crippen LogP contribution in [0.5, 0.6) is 5.75 Å². The zero-order valence-corrected chi connectivity index (χ0v) is 12.8. The Kier molecular flexibility index (Phi) is 4.29. The van der Waals surface area contributed by atoms with Gasteiger partial charge in [0.05, 0.1) is 18.4 Å². The number of rotatable bonds is 3. The molecule has 0 radical (unpaired) electrons. The quantitative estimate of drug-likeness (QED) is 0.843. The number of ether oxygens (including phenoxy) is 1. The van der Waals surface area contributed by atoms with E-state index >= 15 is 0 Å². The number of hydrogen-bond donors (Lipinski definition) is 2. The first-order chi connectivity index (χ1) is 9.51. The highest BCUT2D eigenvalue weighted by molar-refractivity contribution is 9.10. The molecule has 0 saturated carbocycles. The number of nitrogen functional groups attached to an aromatic ring is 1. The van der Waals surface area contributed by atoms with Gasteiger partial charge in [-0.2, -0.15) is 0 Å². The van der Waals surface area contributed by atoms with Crippen molar-refractivity contribution in [2.24, 2.45) is 0 Å². The Morgan fingerprint density at radius 1 is 1.25 bits per heavy atom.